The van der Waals surface area contributed by atoms with E-state index in [9.17, 15) is 0 Å². The first kappa shape index (κ1) is 28.6. The van der Waals surface area contributed by atoms with E-state index in [0.717, 1.165) is 17.1 Å². The van der Waals surface area contributed by atoms with Crippen LogP contribution >= 0.6 is 22.7 Å². The highest BCUT2D eigenvalue weighted by atomic mass is 32.1. The Labute approximate surface area is 307 Å². The number of hydrogen-bond donors (Lipinski definition) is 1. The van der Waals surface area contributed by atoms with Crippen molar-refractivity contribution in [1.82, 2.24) is 9.55 Å². The average molecular weight is 697 g/mol. The molecule has 0 amide bonds. The summed E-state index contributed by atoms with van der Waals surface area (Å²) in [5, 5.41) is 5.15. The lowest BCUT2D eigenvalue weighted by molar-refractivity contribution is 1.19. The number of aromatic nitrogens is 2. The number of H-pyrrole nitrogens is 1. The molecular weight excluding hydrogens is 669 g/mol. The van der Waals surface area contributed by atoms with Gasteiger partial charge in [-0.2, -0.15) is 0 Å². The number of anilines is 3. The molecule has 0 unspecified atom stereocenters. The van der Waals surface area contributed by atoms with Crippen LogP contribution in [-0.4, -0.2) is 16.8 Å². The Hall–Kier alpha value is -6.08. The quantitative estimate of drug-likeness (QED) is 0.182. The predicted molar refractivity (Wildman–Crippen MR) is 226 cm³/mol. The van der Waals surface area contributed by atoms with Crippen molar-refractivity contribution in [3.8, 4) is 16.8 Å². The second-order valence-electron chi connectivity index (χ2n) is 13.6. The predicted octanol–water partition coefficient (Wildman–Crippen LogP) is 12.0. The lowest BCUT2D eigenvalue weighted by Gasteiger charge is -2.30. The van der Waals surface area contributed by atoms with Crippen LogP contribution in [0.5, 0.6) is 0 Å². The second kappa shape index (κ2) is 10.7. The average Bonchev–Trinajstić information content (AvgIpc) is 3.95. The zero-order valence-electron chi connectivity index (χ0n) is 27.8. The van der Waals surface area contributed by atoms with Crippen LogP contribution in [0.4, 0.5) is 17.1 Å². The van der Waals surface area contributed by atoms with Crippen molar-refractivity contribution < 1.29 is 0 Å². The van der Waals surface area contributed by atoms with Crippen LogP contribution in [0, 0.1) is 0 Å². The van der Waals surface area contributed by atoms with E-state index in [2.05, 4.69) is 179 Å². The topological polar surface area (TPSA) is 24.0 Å². The molecule has 6 heteroatoms. The zero-order valence-corrected chi connectivity index (χ0v) is 29.4. The van der Waals surface area contributed by atoms with Gasteiger partial charge in [0.05, 0.1) is 25.9 Å². The second-order valence-corrected chi connectivity index (χ2v) is 15.7. The van der Waals surface area contributed by atoms with E-state index >= 15 is 0 Å². The molecule has 1 N–H and O–H groups in total. The van der Waals surface area contributed by atoms with Crippen molar-refractivity contribution >= 4 is 120 Å². The van der Waals surface area contributed by atoms with Crippen LogP contribution < -0.4 is 15.8 Å². The maximum atomic E-state index is 3.95. The molecule has 0 bridgehead atoms. The monoisotopic (exact) mass is 696 g/mol. The van der Waals surface area contributed by atoms with E-state index in [1.165, 1.54) is 90.2 Å². The van der Waals surface area contributed by atoms with Crippen molar-refractivity contribution in [2.24, 2.45) is 0 Å². The third kappa shape index (κ3) is 3.91. The van der Waals surface area contributed by atoms with Gasteiger partial charge in [-0.1, -0.05) is 115 Å². The number of aromatic amines is 1. The summed E-state index contributed by atoms with van der Waals surface area (Å²) in [5.41, 5.74) is 14.4. The molecule has 7 aromatic carbocycles. The molecule has 0 aliphatic carbocycles. The van der Waals surface area contributed by atoms with E-state index in [1.54, 1.807) is 0 Å². The number of rotatable bonds is 4. The maximum Gasteiger partial charge on any atom is 0.197 e. The van der Waals surface area contributed by atoms with Gasteiger partial charge in [0.25, 0.3) is 0 Å². The molecule has 0 atom stereocenters. The SMILES string of the molecule is [B]1c2c(-c3cccc4c3[nH]c3c5ccccc5sc43)cc(N(c3ccccc3)c3ccccc3)cc2-n2c3c1cccc3c1sc3ccccc3c12. The van der Waals surface area contributed by atoms with Crippen LogP contribution in [0.15, 0.2) is 158 Å². The Morgan fingerprint density at radius 3 is 1.90 bits per heavy atom. The van der Waals surface area contributed by atoms with Gasteiger partial charge in [0.1, 0.15) is 0 Å². The Bertz CT molecular complexity index is 3180. The molecule has 0 saturated heterocycles. The summed E-state index contributed by atoms with van der Waals surface area (Å²) in [6, 6.07) is 57.6. The fraction of sp³-hybridized carbons (Fsp3) is 0. The minimum atomic E-state index is 1.12. The summed E-state index contributed by atoms with van der Waals surface area (Å²) in [7, 11) is 2.43. The molecular formula is C46H27BN3S2. The summed E-state index contributed by atoms with van der Waals surface area (Å²) >= 11 is 3.78. The molecule has 4 aromatic heterocycles. The maximum absolute atomic E-state index is 3.95. The molecule has 1 aliphatic heterocycles. The van der Waals surface area contributed by atoms with Crippen molar-refractivity contribution in [3.05, 3.63) is 158 Å². The van der Waals surface area contributed by atoms with Crippen LogP contribution in [0.25, 0.3) is 79.2 Å². The number of nitrogens with zero attached hydrogens (tertiary/aromatic N) is 2. The van der Waals surface area contributed by atoms with E-state index in [4.69, 9.17) is 0 Å². The van der Waals surface area contributed by atoms with E-state index in [0.29, 0.717) is 0 Å². The molecule has 1 aliphatic rings. The Morgan fingerprint density at radius 2 is 1.12 bits per heavy atom. The van der Waals surface area contributed by atoms with Crippen LogP contribution in [-0.2, 0) is 0 Å². The van der Waals surface area contributed by atoms with Crippen LogP contribution in [0.2, 0.25) is 0 Å². The van der Waals surface area contributed by atoms with E-state index in [-0.39, 0.29) is 0 Å². The third-order valence-electron chi connectivity index (χ3n) is 10.7. The standard InChI is InChI=1S/C46H27BN3S2/c1-3-13-27(14-4-1)49(28-15-5-2-6-16-28)29-25-35(30-19-11-20-33-41(30)48-42-31-17-7-9-23-38(31)51-45(33)42)40-37(26-29)50-43-34(21-12-22-36(43)47-40)46-44(50)32-18-8-10-24-39(32)52-46/h1-26,48H. The Morgan fingerprint density at radius 1 is 0.481 bits per heavy atom. The highest BCUT2D eigenvalue weighted by Crippen LogP contribution is 2.46. The summed E-state index contributed by atoms with van der Waals surface area (Å²) in [5.74, 6) is 0. The van der Waals surface area contributed by atoms with Crippen molar-refractivity contribution in [3.63, 3.8) is 0 Å². The molecule has 0 fully saturated rings. The fourth-order valence-corrected chi connectivity index (χ4v) is 11.0. The van der Waals surface area contributed by atoms with Crippen molar-refractivity contribution in [1.29, 1.82) is 0 Å². The van der Waals surface area contributed by atoms with Gasteiger partial charge in [0.15, 0.2) is 7.28 Å². The lowest BCUT2D eigenvalue weighted by atomic mass is 9.59. The zero-order chi connectivity index (χ0) is 33.9. The molecule has 0 saturated carbocycles. The van der Waals surface area contributed by atoms with Crippen LogP contribution in [0.1, 0.15) is 0 Å². The van der Waals surface area contributed by atoms with Crippen molar-refractivity contribution in [2.75, 3.05) is 4.90 Å². The third-order valence-corrected chi connectivity index (χ3v) is 13.1. The van der Waals surface area contributed by atoms with Gasteiger partial charge in [0, 0.05) is 64.8 Å². The lowest BCUT2D eigenvalue weighted by Crippen LogP contribution is -2.37. The number of hydrogen-bond acceptors (Lipinski definition) is 3. The van der Waals surface area contributed by atoms with Gasteiger partial charge >= 0.3 is 0 Å². The highest BCUT2D eigenvalue weighted by molar-refractivity contribution is 7.27. The molecule has 0 spiro atoms. The molecule has 241 valence electrons. The van der Waals surface area contributed by atoms with E-state index < -0.39 is 0 Å². The first-order valence-electron chi connectivity index (χ1n) is 17.6. The summed E-state index contributed by atoms with van der Waals surface area (Å²) in [4.78, 5) is 6.35. The van der Waals surface area contributed by atoms with Gasteiger partial charge in [-0.05, 0) is 59.6 Å². The molecule has 3 nitrogen and oxygen atoms in total. The van der Waals surface area contributed by atoms with Gasteiger partial charge < -0.3 is 14.5 Å². The molecule has 11 aromatic rings. The van der Waals surface area contributed by atoms with E-state index in [1.807, 2.05) is 22.7 Å². The largest absolute Gasteiger partial charge is 0.353 e. The van der Waals surface area contributed by atoms with Crippen molar-refractivity contribution in [2.45, 2.75) is 0 Å². The Balaban J connectivity index is 1.23. The minimum Gasteiger partial charge on any atom is -0.353 e. The molecule has 12 rings (SSSR count). The molecule has 52 heavy (non-hydrogen) atoms. The number of benzene rings is 7. The van der Waals surface area contributed by atoms with Gasteiger partial charge in [-0.25, -0.2) is 0 Å². The number of para-hydroxylation sites is 4. The molecule has 1 radical (unpaired) electrons. The van der Waals surface area contributed by atoms with Gasteiger partial charge in [0.2, 0.25) is 0 Å². The van der Waals surface area contributed by atoms with Gasteiger partial charge in [-0.3, -0.25) is 0 Å². The fourth-order valence-electron chi connectivity index (χ4n) is 8.55. The smallest absolute Gasteiger partial charge is 0.197 e. The van der Waals surface area contributed by atoms with Gasteiger partial charge in [-0.15, -0.1) is 22.7 Å². The normalized spacial score (nSPS) is 12.4. The Kier molecular flexibility index (Phi) is 5.90. The number of fused-ring (bicyclic) bond motifs is 12. The highest BCUT2D eigenvalue weighted by Gasteiger charge is 2.30. The summed E-state index contributed by atoms with van der Waals surface area (Å²) in [6.45, 7) is 0. The summed E-state index contributed by atoms with van der Waals surface area (Å²) in [6.07, 6.45) is 0. The minimum absolute atomic E-state index is 1.12. The first-order valence-corrected chi connectivity index (χ1v) is 19.2. The first-order chi connectivity index (χ1) is 25.8. The number of thiophene rings is 2. The number of nitrogens with one attached hydrogen (secondary N) is 1. The van der Waals surface area contributed by atoms with Crippen LogP contribution in [0.3, 0.4) is 0 Å². The molecule has 5 heterocycles. The summed E-state index contributed by atoms with van der Waals surface area (Å²) < 4.78 is 7.84.